The summed E-state index contributed by atoms with van der Waals surface area (Å²) < 4.78 is 35.9. The van der Waals surface area contributed by atoms with Crippen LogP contribution < -0.4 is 9.80 Å². The first kappa shape index (κ1) is 21.7. The molecular weight excluding hydrogens is 381 g/mol. The average Bonchev–Trinajstić information content (AvgIpc) is 2.67. The van der Waals surface area contributed by atoms with E-state index in [0.29, 0.717) is 5.75 Å². The summed E-state index contributed by atoms with van der Waals surface area (Å²) in [5.41, 5.74) is 1.51. The molecule has 6 nitrogen and oxygen atoms in total. The van der Waals surface area contributed by atoms with E-state index in [1.165, 1.54) is 14.2 Å². The molecular formula is C19H28NO5PSi. The van der Waals surface area contributed by atoms with Crippen molar-refractivity contribution < 1.29 is 22.9 Å². The van der Waals surface area contributed by atoms with Gasteiger partial charge in [0, 0.05) is 14.2 Å². The van der Waals surface area contributed by atoms with E-state index in [4.69, 9.17) is 18.3 Å². The van der Waals surface area contributed by atoms with Gasteiger partial charge in [-0.2, -0.15) is 0 Å². The van der Waals surface area contributed by atoms with Gasteiger partial charge in [0.25, 0.3) is 0 Å². The van der Waals surface area contributed by atoms with E-state index in [9.17, 15) is 4.57 Å². The van der Waals surface area contributed by atoms with Gasteiger partial charge in [-0.1, -0.05) is 30.3 Å². The number of anilines is 1. The monoisotopic (exact) mass is 409 g/mol. The minimum absolute atomic E-state index is 0.708. The first-order chi connectivity index (χ1) is 12.7. The normalized spacial score (nSPS) is 13.3. The summed E-state index contributed by atoms with van der Waals surface area (Å²) in [6, 6.07) is 16.9. The third kappa shape index (κ3) is 5.43. The predicted octanol–water partition coefficient (Wildman–Crippen LogP) is 5.45. The van der Waals surface area contributed by atoms with E-state index in [1.807, 2.05) is 54.6 Å². The highest BCUT2D eigenvalue weighted by Crippen LogP contribution is 2.62. The summed E-state index contributed by atoms with van der Waals surface area (Å²) >= 11 is 0. The van der Waals surface area contributed by atoms with Crippen molar-refractivity contribution in [2.75, 3.05) is 26.4 Å². The lowest BCUT2D eigenvalue weighted by atomic mass is 10.2. The van der Waals surface area contributed by atoms with Crippen LogP contribution in [0.1, 0.15) is 11.3 Å². The number of rotatable bonds is 9. The zero-order valence-corrected chi connectivity index (χ0v) is 18.6. The van der Waals surface area contributed by atoms with Crippen molar-refractivity contribution in [3.63, 3.8) is 0 Å². The molecule has 0 fully saturated rings. The Bertz CT molecular complexity index is 756. The fraction of sp³-hybridized carbons (Fsp3) is 0.368. The Labute approximate surface area is 162 Å². The zero-order chi connectivity index (χ0) is 20.1. The summed E-state index contributed by atoms with van der Waals surface area (Å²) in [5.74, 6) is -0.0629. The Morgan fingerprint density at radius 1 is 0.889 bits per heavy atom. The maximum absolute atomic E-state index is 13.5. The van der Waals surface area contributed by atoms with Gasteiger partial charge in [0.05, 0.1) is 12.8 Å². The lowest BCUT2D eigenvalue weighted by Crippen LogP contribution is -2.40. The highest BCUT2D eigenvalue weighted by molar-refractivity contribution is 7.54. The molecule has 0 amide bonds. The maximum atomic E-state index is 13.5. The number of nitrogens with zero attached hydrogens (tertiary/aromatic N) is 1. The third-order valence-corrected chi connectivity index (χ3v) is 6.70. The van der Waals surface area contributed by atoms with Crippen molar-refractivity contribution >= 4 is 21.6 Å². The first-order valence-corrected chi connectivity index (χ1v) is 13.6. The molecule has 0 N–H and O–H groups in total. The van der Waals surface area contributed by atoms with Crippen molar-refractivity contribution in [1.29, 1.82) is 0 Å². The number of ether oxygens (including phenoxy) is 1. The lowest BCUT2D eigenvalue weighted by Gasteiger charge is -2.39. The molecule has 0 heterocycles. The molecule has 0 saturated carbocycles. The average molecular weight is 409 g/mol. The molecule has 0 bridgehead atoms. The molecule has 2 aromatic rings. The van der Waals surface area contributed by atoms with Crippen LogP contribution in [0.15, 0.2) is 54.6 Å². The second-order valence-electron chi connectivity index (χ2n) is 6.92. The molecule has 1 unspecified atom stereocenters. The van der Waals surface area contributed by atoms with Crippen LogP contribution in [-0.2, 0) is 18.1 Å². The van der Waals surface area contributed by atoms with Gasteiger partial charge in [-0.05, 0) is 49.5 Å². The number of para-hydroxylation sites is 1. The summed E-state index contributed by atoms with van der Waals surface area (Å²) in [6.45, 7) is 6.20. The van der Waals surface area contributed by atoms with Crippen LogP contribution in [-0.4, -0.2) is 29.6 Å². The molecule has 8 heteroatoms. The summed E-state index contributed by atoms with van der Waals surface area (Å²) in [6.07, 6.45) is 0. The van der Waals surface area contributed by atoms with Crippen molar-refractivity contribution in [3.8, 4) is 5.75 Å². The van der Waals surface area contributed by atoms with Crippen LogP contribution in [0.25, 0.3) is 0 Å². The van der Waals surface area contributed by atoms with E-state index in [0.717, 1.165) is 11.3 Å². The van der Waals surface area contributed by atoms with Gasteiger partial charge in [-0.3, -0.25) is 4.57 Å². The van der Waals surface area contributed by atoms with E-state index < -0.39 is 21.7 Å². The van der Waals surface area contributed by atoms with E-state index in [1.54, 1.807) is 12.2 Å². The molecule has 27 heavy (non-hydrogen) atoms. The van der Waals surface area contributed by atoms with Crippen LogP contribution in [0.4, 0.5) is 5.69 Å². The molecule has 0 aliphatic heterocycles. The molecule has 2 rings (SSSR count). The predicted molar refractivity (Wildman–Crippen MR) is 111 cm³/mol. The van der Waals surface area contributed by atoms with Crippen LogP contribution in [0.3, 0.4) is 0 Å². The first-order valence-electron chi connectivity index (χ1n) is 8.62. The quantitative estimate of drug-likeness (QED) is 0.312. The number of hydrogen-bond donors (Lipinski definition) is 0. The highest BCUT2D eigenvalue weighted by atomic mass is 31.2. The summed E-state index contributed by atoms with van der Waals surface area (Å²) in [7, 11) is -1.24. The molecule has 0 aliphatic rings. The molecule has 148 valence electrons. The van der Waals surface area contributed by atoms with E-state index >= 15 is 0 Å². The van der Waals surface area contributed by atoms with Gasteiger partial charge in [-0.25, -0.2) is 5.06 Å². The van der Waals surface area contributed by atoms with Gasteiger partial charge in [0.1, 0.15) is 5.75 Å². The molecule has 0 radical (unpaired) electrons. The second-order valence-corrected chi connectivity index (χ2v) is 13.6. The van der Waals surface area contributed by atoms with Crippen LogP contribution >= 0.6 is 7.60 Å². The molecule has 0 saturated heterocycles. The maximum Gasteiger partial charge on any atom is 0.359 e. The zero-order valence-electron chi connectivity index (χ0n) is 16.7. The van der Waals surface area contributed by atoms with Gasteiger partial charge in [0.15, 0.2) is 5.78 Å². The molecule has 0 spiro atoms. The Morgan fingerprint density at radius 3 is 1.89 bits per heavy atom. The van der Waals surface area contributed by atoms with E-state index in [2.05, 4.69) is 19.6 Å². The minimum atomic E-state index is -3.56. The molecule has 0 aliphatic carbocycles. The molecule has 0 aromatic heterocycles. The van der Waals surface area contributed by atoms with Gasteiger partial charge >= 0.3 is 7.60 Å². The van der Waals surface area contributed by atoms with Crippen molar-refractivity contribution in [2.45, 2.75) is 25.4 Å². The third-order valence-electron chi connectivity index (χ3n) is 3.83. The van der Waals surface area contributed by atoms with Crippen LogP contribution in [0.2, 0.25) is 19.6 Å². The van der Waals surface area contributed by atoms with Crippen LogP contribution in [0, 0.1) is 0 Å². The minimum Gasteiger partial charge on any atom is -0.497 e. The molecule has 1 atom stereocenters. The fourth-order valence-electron chi connectivity index (χ4n) is 2.61. The summed E-state index contributed by atoms with van der Waals surface area (Å²) in [4.78, 5) is 0. The Hall–Kier alpha value is -1.63. The van der Waals surface area contributed by atoms with Crippen LogP contribution in [0.5, 0.6) is 5.75 Å². The number of methoxy groups -OCH3 is 1. The Morgan fingerprint density at radius 2 is 1.44 bits per heavy atom. The van der Waals surface area contributed by atoms with Crippen molar-refractivity contribution in [3.05, 3.63) is 60.2 Å². The SMILES string of the molecule is COc1ccc(C(N(O[Si](C)(C)C)c2ccccc2)P(=O)(OC)OC)cc1. The standard InChI is InChI=1S/C19H28NO5PSi/c1-22-18-14-12-16(13-15-18)19(26(21,23-2)24-3)20(25-27(4,5)6)17-10-8-7-9-11-17/h7-15,19H,1-6H3. The number of hydroxylamine groups is 1. The van der Waals surface area contributed by atoms with Gasteiger partial charge in [0.2, 0.25) is 8.32 Å². The lowest BCUT2D eigenvalue weighted by molar-refractivity contribution is 0.215. The number of benzene rings is 2. The van der Waals surface area contributed by atoms with Gasteiger partial charge in [-0.15, -0.1) is 0 Å². The smallest absolute Gasteiger partial charge is 0.359 e. The number of hydrogen-bond acceptors (Lipinski definition) is 6. The second kappa shape index (κ2) is 9.04. The highest BCUT2D eigenvalue weighted by Gasteiger charge is 2.43. The summed E-state index contributed by atoms with van der Waals surface area (Å²) in [5, 5.41) is 1.67. The Kier molecular flexibility index (Phi) is 7.25. The fourth-order valence-corrected chi connectivity index (χ4v) is 5.02. The molecule has 2 aromatic carbocycles. The van der Waals surface area contributed by atoms with E-state index in [-0.39, 0.29) is 0 Å². The van der Waals surface area contributed by atoms with Gasteiger partial charge < -0.3 is 18.3 Å². The topological polar surface area (TPSA) is 57.2 Å². The van der Waals surface area contributed by atoms with Crippen molar-refractivity contribution in [1.82, 2.24) is 0 Å². The van der Waals surface area contributed by atoms with Crippen molar-refractivity contribution in [2.24, 2.45) is 0 Å². The largest absolute Gasteiger partial charge is 0.497 e. The Balaban J connectivity index is 2.63.